The fourth-order valence-corrected chi connectivity index (χ4v) is 4.19. The highest BCUT2D eigenvalue weighted by atomic mass is 35.5. The van der Waals surface area contributed by atoms with Crippen LogP contribution >= 0.6 is 11.6 Å². The monoisotopic (exact) mass is 421 g/mol. The van der Waals surface area contributed by atoms with Crippen molar-refractivity contribution < 1.29 is 13.2 Å². The quantitative estimate of drug-likeness (QED) is 0.548. The van der Waals surface area contributed by atoms with E-state index in [1.165, 1.54) is 7.05 Å². The number of H-pyrrole nitrogens is 1. The lowest BCUT2D eigenvalue weighted by atomic mass is 10.2. The van der Waals surface area contributed by atoms with Crippen LogP contribution in [0.2, 0.25) is 5.15 Å². The minimum absolute atomic E-state index is 0.167. The molecule has 0 bridgehead atoms. The van der Waals surface area contributed by atoms with Gasteiger partial charge in [-0.05, 0) is 31.3 Å². The minimum atomic E-state index is -3.59. The Morgan fingerprint density at radius 1 is 1.25 bits per heavy atom. The zero-order chi connectivity index (χ0) is 19.7. The predicted molar refractivity (Wildman–Crippen MR) is 110 cm³/mol. The maximum absolute atomic E-state index is 12.3. The van der Waals surface area contributed by atoms with Crippen molar-refractivity contribution in [1.29, 1.82) is 0 Å². The van der Waals surface area contributed by atoms with Crippen LogP contribution in [-0.2, 0) is 14.8 Å². The number of nitrogens with zero attached hydrogens (tertiary/aromatic N) is 2. The Labute approximate surface area is 167 Å². The molecule has 2 aromatic heterocycles. The van der Waals surface area contributed by atoms with Gasteiger partial charge in [0, 0.05) is 24.7 Å². The zero-order valence-electron chi connectivity index (χ0n) is 15.2. The second-order valence-corrected chi connectivity index (χ2v) is 8.58. The number of ether oxygens (including phenoxy) is 1. The number of fused-ring (bicyclic) bond motifs is 1. The molecule has 28 heavy (non-hydrogen) atoms. The highest BCUT2D eigenvalue weighted by Gasteiger charge is 2.20. The molecule has 3 N–H and O–H groups in total. The molecule has 0 saturated carbocycles. The second kappa shape index (κ2) is 7.59. The number of hydrogen-bond donors (Lipinski definition) is 3. The van der Waals surface area contributed by atoms with Gasteiger partial charge in [0.1, 0.15) is 0 Å². The first-order chi connectivity index (χ1) is 13.5. The van der Waals surface area contributed by atoms with E-state index in [4.69, 9.17) is 16.3 Å². The molecule has 1 fully saturated rings. The van der Waals surface area contributed by atoms with Gasteiger partial charge in [0.25, 0.3) is 0 Å². The van der Waals surface area contributed by atoms with Gasteiger partial charge in [0.05, 0.1) is 46.9 Å². The van der Waals surface area contributed by atoms with Crippen LogP contribution in [0.4, 0.5) is 17.1 Å². The fourth-order valence-electron chi connectivity index (χ4n) is 3.24. The van der Waals surface area contributed by atoms with E-state index in [1.807, 2.05) is 6.07 Å². The van der Waals surface area contributed by atoms with Crippen molar-refractivity contribution in [2.45, 2.75) is 4.90 Å². The van der Waals surface area contributed by atoms with Crippen LogP contribution in [0.15, 0.2) is 41.6 Å². The maximum Gasteiger partial charge on any atom is 0.240 e. The lowest BCUT2D eigenvalue weighted by Crippen LogP contribution is -2.36. The number of morpholine rings is 1. The normalized spacial score (nSPS) is 15.1. The Kier molecular flexibility index (Phi) is 5.15. The summed E-state index contributed by atoms with van der Waals surface area (Å²) in [5, 5.41) is 4.49. The smallest absolute Gasteiger partial charge is 0.240 e. The second-order valence-electron chi connectivity index (χ2n) is 6.34. The van der Waals surface area contributed by atoms with Gasteiger partial charge >= 0.3 is 0 Å². The van der Waals surface area contributed by atoms with Crippen LogP contribution in [0.5, 0.6) is 0 Å². The minimum Gasteiger partial charge on any atom is -0.378 e. The number of rotatable bonds is 5. The number of halogens is 1. The van der Waals surface area contributed by atoms with Crippen molar-refractivity contribution >= 4 is 49.6 Å². The van der Waals surface area contributed by atoms with Crippen LogP contribution in [0.25, 0.3) is 10.9 Å². The number of sulfonamides is 1. The van der Waals surface area contributed by atoms with Crippen LogP contribution < -0.4 is 14.9 Å². The summed E-state index contributed by atoms with van der Waals surface area (Å²) in [4.78, 5) is 9.63. The van der Waals surface area contributed by atoms with Crippen molar-refractivity contribution in [3.63, 3.8) is 0 Å². The lowest BCUT2D eigenvalue weighted by molar-refractivity contribution is 0.123. The number of anilines is 3. The van der Waals surface area contributed by atoms with E-state index in [2.05, 4.69) is 24.9 Å². The van der Waals surface area contributed by atoms with Crippen LogP contribution in [0, 0.1) is 0 Å². The van der Waals surface area contributed by atoms with Crippen molar-refractivity contribution in [1.82, 2.24) is 14.7 Å². The molecule has 1 saturated heterocycles. The van der Waals surface area contributed by atoms with E-state index in [0.29, 0.717) is 42.8 Å². The van der Waals surface area contributed by atoms with E-state index in [0.717, 1.165) is 16.6 Å². The Bertz CT molecular complexity index is 1110. The summed E-state index contributed by atoms with van der Waals surface area (Å²) in [6.07, 6.45) is 3.46. The molecule has 3 aromatic rings. The van der Waals surface area contributed by atoms with Crippen LogP contribution in [-0.4, -0.2) is 51.7 Å². The number of benzene rings is 1. The third-order valence-electron chi connectivity index (χ3n) is 4.72. The topological polar surface area (TPSA) is 99.3 Å². The summed E-state index contributed by atoms with van der Waals surface area (Å²) in [5.74, 6) is 0. The Hall–Kier alpha value is -2.33. The molecule has 1 aromatic carbocycles. The molecule has 0 radical (unpaired) electrons. The molecule has 1 aliphatic heterocycles. The molecule has 8 nitrogen and oxygen atoms in total. The zero-order valence-corrected chi connectivity index (χ0v) is 16.8. The average molecular weight is 422 g/mol. The molecule has 3 heterocycles. The number of hydrogen-bond acceptors (Lipinski definition) is 6. The molecule has 0 aliphatic carbocycles. The first kappa shape index (κ1) is 19.0. The predicted octanol–water partition coefficient (Wildman–Crippen LogP) is 2.70. The number of aromatic nitrogens is 2. The van der Waals surface area contributed by atoms with Crippen molar-refractivity contribution in [3.05, 3.63) is 41.8 Å². The van der Waals surface area contributed by atoms with Crippen LogP contribution in [0.1, 0.15) is 0 Å². The summed E-state index contributed by atoms with van der Waals surface area (Å²) in [6.45, 7) is 2.66. The molecule has 10 heteroatoms. The molecule has 0 unspecified atom stereocenters. The SMILES string of the molecule is CNS(=O)(=O)c1ccc(N2CCOCC2)c(Nc2c(Cl)ncc3[nH]ccc23)c1. The fraction of sp³-hybridized carbons (Fsp3) is 0.278. The van der Waals surface area contributed by atoms with Gasteiger partial charge in [-0.3, -0.25) is 0 Å². The van der Waals surface area contributed by atoms with E-state index in [-0.39, 0.29) is 4.90 Å². The van der Waals surface area contributed by atoms with Gasteiger partial charge in [-0.1, -0.05) is 11.6 Å². The number of pyridine rings is 1. The summed E-state index contributed by atoms with van der Waals surface area (Å²) in [6, 6.07) is 6.90. The van der Waals surface area contributed by atoms with Gasteiger partial charge in [-0.15, -0.1) is 0 Å². The molecule has 148 valence electrons. The molecule has 0 atom stereocenters. The average Bonchev–Trinajstić information content (AvgIpc) is 3.20. The summed E-state index contributed by atoms with van der Waals surface area (Å²) in [7, 11) is -2.20. The molecule has 1 aliphatic rings. The van der Waals surface area contributed by atoms with Crippen LogP contribution in [0.3, 0.4) is 0 Å². The van der Waals surface area contributed by atoms with Gasteiger partial charge in [0.15, 0.2) is 5.15 Å². The highest BCUT2D eigenvalue weighted by Crippen LogP contribution is 2.36. The first-order valence-corrected chi connectivity index (χ1v) is 10.6. The molecule has 0 spiro atoms. The lowest BCUT2D eigenvalue weighted by Gasteiger charge is -2.31. The maximum atomic E-state index is 12.3. The van der Waals surface area contributed by atoms with E-state index < -0.39 is 10.0 Å². The third kappa shape index (κ3) is 3.53. The van der Waals surface area contributed by atoms with Crippen molar-refractivity contribution in [3.8, 4) is 0 Å². The van der Waals surface area contributed by atoms with Gasteiger partial charge in [-0.25, -0.2) is 18.1 Å². The highest BCUT2D eigenvalue weighted by molar-refractivity contribution is 7.89. The summed E-state index contributed by atoms with van der Waals surface area (Å²) >= 11 is 6.35. The van der Waals surface area contributed by atoms with Gasteiger partial charge < -0.3 is 19.9 Å². The standard InChI is InChI=1S/C18H20ClN5O3S/c1-20-28(25,26)12-2-3-16(24-6-8-27-9-7-24)14(10-12)23-17-13-4-5-21-15(13)11-22-18(17)19/h2-5,10-11,20-21,23H,6-9H2,1H3. The Morgan fingerprint density at radius 3 is 2.79 bits per heavy atom. The number of nitrogens with one attached hydrogen (secondary N) is 3. The molecular weight excluding hydrogens is 402 g/mol. The number of aromatic amines is 1. The summed E-state index contributed by atoms with van der Waals surface area (Å²) < 4.78 is 32.4. The van der Waals surface area contributed by atoms with E-state index in [1.54, 1.807) is 30.6 Å². The van der Waals surface area contributed by atoms with Crippen molar-refractivity contribution in [2.75, 3.05) is 43.6 Å². The van der Waals surface area contributed by atoms with E-state index >= 15 is 0 Å². The Morgan fingerprint density at radius 2 is 2.04 bits per heavy atom. The molecule has 0 amide bonds. The largest absolute Gasteiger partial charge is 0.378 e. The van der Waals surface area contributed by atoms with Gasteiger partial charge in [0.2, 0.25) is 10.0 Å². The van der Waals surface area contributed by atoms with Crippen molar-refractivity contribution in [2.24, 2.45) is 0 Å². The van der Waals surface area contributed by atoms with E-state index in [9.17, 15) is 8.42 Å². The molecule has 4 rings (SSSR count). The Balaban J connectivity index is 1.83. The third-order valence-corrected chi connectivity index (χ3v) is 6.42. The van der Waals surface area contributed by atoms with Gasteiger partial charge in [-0.2, -0.15) is 0 Å². The summed E-state index contributed by atoms with van der Waals surface area (Å²) in [5.41, 5.74) is 2.96. The first-order valence-electron chi connectivity index (χ1n) is 8.78. The molecular formula is C18H20ClN5O3S.